The number of ether oxygens (including phenoxy) is 1. The van der Waals surface area contributed by atoms with Crippen molar-refractivity contribution in [3.63, 3.8) is 0 Å². The van der Waals surface area contributed by atoms with Crippen molar-refractivity contribution >= 4 is 23.5 Å². The highest BCUT2D eigenvalue weighted by Crippen LogP contribution is 2.16. The van der Waals surface area contributed by atoms with E-state index in [1.165, 1.54) is 6.92 Å². The zero-order valence-corrected chi connectivity index (χ0v) is 17.2. The molecule has 30 heavy (non-hydrogen) atoms. The molecule has 0 spiro atoms. The molecule has 0 radical (unpaired) electrons. The lowest BCUT2D eigenvalue weighted by molar-refractivity contribution is -0.156. The van der Waals surface area contributed by atoms with E-state index in [-0.39, 0.29) is 11.6 Å². The highest BCUT2D eigenvalue weighted by Gasteiger charge is 2.29. The average molecular weight is 418 g/mol. The van der Waals surface area contributed by atoms with E-state index in [2.05, 4.69) is 10.6 Å². The Hall–Kier alpha value is -3.29. The molecule has 0 fully saturated rings. The monoisotopic (exact) mass is 418 g/mol. The highest BCUT2D eigenvalue weighted by molar-refractivity contribution is 5.99. The fraction of sp³-hybridized carbons (Fsp3) is 0.318. The molecule has 0 aliphatic carbocycles. The summed E-state index contributed by atoms with van der Waals surface area (Å²) in [6.45, 7) is 6.51. The van der Waals surface area contributed by atoms with E-state index in [9.17, 15) is 23.2 Å². The van der Waals surface area contributed by atoms with Crippen molar-refractivity contribution in [1.82, 2.24) is 5.32 Å². The van der Waals surface area contributed by atoms with Gasteiger partial charge in [-0.1, -0.05) is 32.0 Å². The van der Waals surface area contributed by atoms with Crippen LogP contribution in [0.4, 0.5) is 14.5 Å². The summed E-state index contributed by atoms with van der Waals surface area (Å²) in [5.41, 5.74) is 0.801. The van der Waals surface area contributed by atoms with E-state index in [1.54, 1.807) is 45.0 Å². The van der Waals surface area contributed by atoms with Gasteiger partial charge in [0.25, 0.3) is 11.8 Å². The molecule has 6 nitrogen and oxygen atoms in total. The number of esters is 1. The molecule has 160 valence electrons. The first-order valence-corrected chi connectivity index (χ1v) is 9.43. The van der Waals surface area contributed by atoms with Gasteiger partial charge in [0.05, 0.1) is 5.69 Å². The summed E-state index contributed by atoms with van der Waals surface area (Å²) in [6, 6.07) is 8.52. The number of rotatable bonds is 7. The Morgan fingerprint density at radius 3 is 2.30 bits per heavy atom. The van der Waals surface area contributed by atoms with Crippen molar-refractivity contribution in [1.29, 1.82) is 0 Å². The number of benzene rings is 2. The van der Waals surface area contributed by atoms with E-state index < -0.39 is 41.6 Å². The molecule has 2 aromatic rings. The molecule has 8 heteroatoms. The summed E-state index contributed by atoms with van der Waals surface area (Å²) in [7, 11) is 0. The third-order valence-electron chi connectivity index (χ3n) is 4.45. The van der Waals surface area contributed by atoms with Crippen molar-refractivity contribution in [2.24, 2.45) is 5.92 Å². The topological polar surface area (TPSA) is 84.5 Å². The molecule has 0 aromatic heterocycles. The molecule has 2 aromatic carbocycles. The minimum atomic E-state index is -1.29. The van der Waals surface area contributed by atoms with Crippen LogP contribution in [-0.4, -0.2) is 29.9 Å². The van der Waals surface area contributed by atoms with Gasteiger partial charge in [0, 0.05) is 11.6 Å². The van der Waals surface area contributed by atoms with Crippen LogP contribution < -0.4 is 10.6 Å². The molecule has 2 N–H and O–H groups in total. The van der Waals surface area contributed by atoms with Gasteiger partial charge in [-0.15, -0.1) is 0 Å². The summed E-state index contributed by atoms with van der Waals surface area (Å²) in [6.07, 6.45) is -1.29. The maximum absolute atomic E-state index is 13.7. The largest absolute Gasteiger partial charge is 0.451 e. The number of anilines is 1. The third-order valence-corrected chi connectivity index (χ3v) is 4.45. The van der Waals surface area contributed by atoms with Crippen LogP contribution >= 0.6 is 0 Å². The third kappa shape index (κ3) is 5.85. The number of hydrogen-bond donors (Lipinski definition) is 2. The summed E-state index contributed by atoms with van der Waals surface area (Å²) < 4.78 is 32.1. The minimum absolute atomic E-state index is 0.318. The molecular formula is C22H24F2N2O4. The molecule has 0 bridgehead atoms. The van der Waals surface area contributed by atoms with E-state index in [0.29, 0.717) is 5.56 Å². The van der Waals surface area contributed by atoms with Crippen molar-refractivity contribution in [3.05, 3.63) is 65.2 Å². The second kappa shape index (κ2) is 9.96. The molecule has 0 saturated heterocycles. The van der Waals surface area contributed by atoms with Gasteiger partial charge in [0.15, 0.2) is 6.10 Å². The first kappa shape index (κ1) is 23.0. The van der Waals surface area contributed by atoms with E-state index in [1.807, 2.05) is 0 Å². The average Bonchev–Trinajstić information content (AvgIpc) is 2.68. The van der Waals surface area contributed by atoms with Gasteiger partial charge in [-0.25, -0.2) is 13.6 Å². The normalized spacial score (nSPS) is 12.8. The molecule has 0 aliphatic heterocycles. The maximum atomic E-state index is 13.7. The van der Waals surface area contributed by atoms with Crippen LogP contribution in [0.2, 0.25) is 0 Å². The fourth-order valence-electron chi connectivity index (χ4n) is 2.67. The van der Waals surface area contributed by atoms with Gasteiger partial charge >= 0.3 is 5.97 Å². The molecular weight excluding hydrogens is 394 g/mol. The van der Waals surface area contributed by atoms with Crippen molar-refractivity contribution in [3.8, 4) is 0 Å². The Balaban J connectivity index is 2.05. The van der Waals surface area contributed by atoms with E-state index >= 15 is 0 Å². The van der Waals surface area contributed by atoms with E-state index in [0.717, 1.165) is 23.8 Å². The van der Waals surface area contributed by atoms with Crippen LogP contribution in [0.15, 0.2) is 42.5 Å². The molecule has 0 saturated carbocycles. The molecule has 2 atom stereocenters. The number of hydrogen-bond acceptors (Lipinski definition) is 4. The predicted molar refractivity (Wildman–Crippen MR) is 108 cm³/mol. The standard InChI is InChI=1S/C22H24F2N2O4/c1-12(2)19(26-21(28)16-8-6-5-7-13(16)3)22(29)30-14(4)20(27)25-18-11-15(23)9-10-17(18)24/h5-12,14,19H,1-4H3,(H,25,27)(H,26,28)/t14-,19-/m0/s1. The van der Waals surface area contributed by atoms with Gasteiger partial charge in [-0.2, -0.15) is 0 Å². The van der Waals surface area contributed by atoms with Gasteiger partial charge < -0.3 is 15.4 Å². The van der Waals surface area contributed by atoms with Crippen LogP contribution in [0.5, 0.6) is 0 Å². The number of carbonyl (C=O) groups excluding carboxylic acids is 3. The number of aryl methyl sites for hydroxylation is 1. The SMILES string of the molecule is Cc1ccccc1C(=O)N[C@H](C(=O)O[C@@H](C)C(=O)Nc1cc(F)ccc1F)C(C)C. The molecule has 2 amide bonds. The number of halogens is 2. The quantitative estimate of drug-likeness (QED) is 0.673. The summed E-state index contributed by atoms with van der Waals surface area (Å²) in [5.74, 6) is -3.96. The Morgan fingerprint density at radius 2 is 1.67 bits per heavy atom. The zero-order valence-electron chi connectivity index (χ0n) is 17.2. The van der Waals surface area contributed by atoms with Crippen LogP contribution in [0.3, 0.4) is 0 Å². The Bertz CT molecular complexity index is 946. The first-order valence-electron chi connectivity index (χ1n) is 9.43. The van der Waals surface area contributed by atoms with Crippen LogP contribution in [-0.2, 0) is 14.3 Å². The van der Waals surface area contributed by atoms with Gasteiger partial charge in [-0.05, 0) is 43.5 Å². The van der Waals surface area contributed by atoms with E-state index in [4.69, 9.17) is 4.74 Å². The Kier molecular flexibility index (Phi) is 7.63. The van der Waals surface area contributed by atoms with Crippen molar-refractivity contribution in [2.75, 3.05) is 5.32 Å². The van der Waals surface area contributed by atoms with Crippen LogP contribution in [0, 0.1) is 24.5 Å². The summed E-state index contributed by atoms with van der Waals surface area (Å²) in [4.78, 5) is 37.3. The fourth-order valence-corrected chi connectivity index (χ4v) is 2.67. The lowest BCUT2D eigenvalue weighted by atomic mass is 10.0. The number of carbonyl (C=O) groups is 3. The summed E-state index contributed by atoms with van der Waals surface area (Å²) in [5, 5.41) is 4.81. The number of nitrogens with one attached hydrogen (secondary N) is 2. The molecule has 0 unspecified atom stereocenters. The second-order valence-electron chi connectivity index (χ2n) is 7.20. The van der Waals surface area contributed by atoms with Crippen LogP contribution in [0.25, 0.3) is 0 Å². The first-order chi connectivity index (χ1) is 14.1. The van der Waals surface area contributed by atoms with Gasteiger partial charge in [-0.3, -0.25) is 9.59 Å². The second-order valence-corrected chi connectivity index (χ2v) is 7.20. The number of amides is 2. The van der Waals surface area contributed by atoms with Crippen molar-refractivity contribution in [2.45, 2.75) is 39.8 Å². The maximum Gasteiger partial charge on any atom is 0.329 e. The molecule has 0 aliphatic rings. The minimum Gasteiger partial charge on any atom is -0.451 e. The van der Waals surface area contributed by atoms with Gasteiger partial charge in [0.1, 0.15) is 17.7 Å². The molecule has 2 rings (SSSR count). The lowest BCUT2D eigenvalue weighted by Gasteiger charge is -2.23. The summed E-state index contributed by atoms with van der Waals surface area (Å²) >= 11 is 0. The Labute approximate surface area is 173 Å². The van der Waals surface area contributed by atoms with Crippen molar-refractivity contribution < 1.29 is 27.9 Å². The highest BCUT2D eigenvalue weighted by atomic mass is 19.1. The van der Waals surface area contributed by atoms with Gasteiger partial charge in [0.2, 0.25) is 0 Å². The Morgan fingerprint density at radius 1 is 1.00 bits per heavy atom. The van der Waals surface area contributed by atoms with Crippen LogP contribution in [0.1, 0.15) is 36.7 Å². The zero-order chi connectivity index (χ0) is 22.4. The predicted octanol–water partition coefficient (Wildman–Crippen LogP) is 3.60. The lowest BCUT2D eigenvalue weighted by Crippen LogP contribution is -2.47. The smallest absolute Gasteiger partial charge is 0.329 e. The molecule has 0 heterocycles.